The van der Waals surface area contributed by atoms with E-state index in [-0.39, 0.29) is 12.6 Å². The molecule has 0 N–H and O–H groups in total. The highest BCUT2D eigenvalue weighted by Crippen LogP contribution is 2.23. The van der Waals surface area contributed by atoms with Crippen LogP contribution in [-0.2, 0) is 19.7 Å². The van der Waals surface area contributed by atoms with Crippen LogP contribution in [0.4, 0.5) is 0 Å². The molecule has 2 aliphatic heterocycles. The van der Waals surface area contributed by atoms with Gasteiger partial charge in [-0.15, -0.1) is 0 Å². The first-order chi connectivity index (χ1) is 10.2. The monoisotopic (exact) mass is 314 g/mol. The van der Waals surface area contributed by atoms with Crippen molar-refractivity contribution in [2.45, 2.75) is 6.10 Å². The quantitative estimate of drug-likeness (QED) is 0.742. The number of hydrogen-bond donors (Lipinski definition) is 0. The smallest absolute Gasteiger partial charge is 0.282 e. The summed E-state index contributed by atoms with van der Waals surface area (Å²) in [5.41, 5.74) is 0.652. The van der Waals surface area contributed by atoms with E-state index < -0.39 is 10.2 Å². The molecule has 1 aromatic heterocycles. The maximum absolute atomic E-state index is 12.6. The second-order valence-electron chi connectivity index (χ2n) is 4.87. The van der Waals surface area contributed by atoms with Crippen LogP contribution < -0.4 is 0 Å². The molecule has 0 saturated carbocycles. The van der Waals surface area contributed by atoms with E-state index in [1.807, 2.05) is 0 Å². The molecule has 0 spiro atoms. The van der Waals surface area contributed by atoms with Crippen LogP contribution in [0, 0.1) is 0 Å². The first kappa shape index (κ1) is 14.8. The third kappa shape index (κ3) is 3.22. The predicted molar refractivity (Wildman–Crippen MR) is 73.6 cm³/mol. The first-order valence-electron chi connectivity index (χ1n) is 6.88. The van der Waals surface area contributed by atoms with Crippen molar-refractivity contribution in [2.75, 3.05) is 46.0 Å². The molecule has 2 fully saturated rings. The van der Waals surface area contributed by atoms with E-state index in [9.17, 15) is 8.42 Å². The van der Waals surface area contributed by atoms with Crippen molar-refractivity contribution in [1.29, 1.82) is 0 Å². The maximum atomic E-state index is 12.6. The first-order valence-corrected chi connectivity index (χ1v) is 8.28. The average molecular weight is 314 g/mol. The van der Waals surface area contributed by atoms with Crippen molar-refractivity contribution in [2.24, 2.45) is 0 Å². The summed E-state index contributed by atoms with van der Waals surface area (Å²) in [7, 11) is -3.47. The zero-order chi connectivity index (χ0) is 14.7. The van der Waals surface area contributed by atoms with Crippen LogP contribution in [0.25, 0.3) is 0 Å². The average Bonchev–Trinajstić information content (AvgIpc) is 2.57. The summed E-state index contributed by atoms with van der Waals surface area (Å²) >= 11 is 0. The lowest BCUT2D eigenvalue weighted by Crippen LogP contribution is -2.52. The third-order valence-corrected chi connectivity index (χ3v) is 5.57. The van der Waals surface area contributed by atoms with Crippen molar-refractivity contribution < 1.29 is 17.9 Å². The minimum atomic E-state index is -3.47. The zero-order valence-electron chi connectivity index (χ0n) is 11.6. The van der Waals surface area contributed by atoms with Gasteiger partial charge in [0.15, 0.2) is 0 Å². The standard InChI is InChI=1S/C12H18N4O4S/c17-21(18,15-3-6-19-7-4-15)16-5-8-20-12(10-16)11-9-13-1-2-14-11/h1-2,9,12H,3-8,10H2/t12-/m1/s1. The molecule has 0 aromatic carbocycles. The Balaban J connectivity index is 1.73. The van der Waals surface area contributed by atoms with E-state index in [0.29, 0.717) is 45.1 Å². The molecule has 0 amide bonds. The van der Waals surface area contributed by atoms with Crippen molar-refractivity contribution in [3.05, 3.63) is 24.3 Å². The number of hydrogen-bond acceptors (Lipinski definition) is 6. The molecular weight excluding hydrogens is 296 g/mol. The Hall–Kier alpha value is -1.13. The van der Waals surface area contributed by atoms with Crippen LogP contribution in [0.1, 0.15) is 11.8 Å². The van der Waals surface area contributed by atoms with Gasteiger partial charge in [-0.1, -0.05) is 0 Å². The molecule has 1 aromatic rings. The van der Waals surface area contributed by atoms with Crippen LogP contribution >= 0.6 is 0 Å². The van der Waals surface area contributed by atoms with Gasteiger partial charge in [0.2, 0.25) is 0 Å². The Labute approximate surface area is 123 Å². The van der Waals surface area contributed by atoms with E-state index in [0.717, 1.165) is 0 Å². The Morgan fingerprint density at radius 1 is 1.10 bits per heavy atom. The summed E-state index contributed by atoms with van der Waals surface area (Å²) in [6.45, 7) is 2.65. The largest absolute Gasteiger partial charge is 0.379 e. The number of ether oxygens (including phenoxy) is 2. The number of nitrogens with zero attached hydrogens (tertiary/aromatic N) is 4. The summed E-state index contributed by atoms with van der Waals surface area (Å²) < 4.78 is 39.0. The lowest BCUT2D eigenvalue weighted by Gasteiger charge is -2.36. The summed E-state index contributed by atoms with van der Waals surface area (Å²) in [4.78, 5) is 8.19. The van der Waals surface area contributed by atoms with E-state index in [1.54, 1.807) is 18.6 Å². The van der Waals surface area contributed by atoms with Gasteiger partial charge in [-0.25, -0.2) is 0 Å². The topological polar surface area (TPSA) is 84.9 Å². The molecule has 8 nitrogen and oxygen atoms in total. The molecule has 0 aliphatic carbocycles. The Morgan fingerprint density at radius 3 is 2.57 bits per heavy atom. The number of aromatic nitrogens is 2. The molecule has 0 unspecified atom stereocenters. The fourth-order valence-electron chi connectivity index (χ4n) is 2.43. The van der Waals surface area contributed by atoms with Crippen LogP contribution in [0.15, 0.2) is 18.6 Å². The highest BCUT2D eigenvalue weighted by atomic mass is 32.2. The Kier molecular flexibility index (Phi) is 4.45. The molecule has 116 valence electrons. The number of rotatable bonds is 3. The van der Waals surface area contributed by atoms with Crippen LogP contribution in [0.2, 0.25) is 0 Å². The molecule has 2 saturated heterocycles. The fourth-order valence-corrected chi connectivity index (χ4v) is 4.00. The maximum Gasteiger partial charge on any atom is 0.282 e. The molecule has 2 aliphatic rings. The Bertz CT molecular complexity index is 562. The lowest BCUT2D eigenvalue weighted by atomic mass is 10.2. The molecule has 0 radical (unpaired) electrons. The second kappa shape index (κ2) is 6.32. The third-order valence-electron chi connectivity index (χ3n) is 3.56. The van der Waals surface area contributed by atoms with E-state index in [4.69, 9.17) is 9.47 Å². The lowest BCUT2D eigenvalue weighted by molar-refractivity contribution is -0.00864. The van der Waals surface area contributed by atoms with Gasteiger partial charge in [0.25, 0.3) is 10.2 Å². The SMILES string of the molecule is O=S(=O)(N1CCOCC1)N1CCO[C@@H](c2cnccn2)C1. The minimum Gasteiger partial charge on any atom is -0.379 e. The van der Waals surface area contributed by atoms with E-state index in [1.165, 1.54) is 8.61 Å². The van der Waals surface area contributed by atoms with Gasteiger partial charge in [0, 0.05) is 38.6 Å². The van der Waals surface area contributed by atoms with Gasteiger partial charge in [-0.3, -0.25) is 9.97 Å². The van der Waals surface area contributed by atoms with Crippen molar-refractivity contribution >= 4 is 10.2 Å². The van der Waals surface area contributed by atoms with Gasteiger partial charge in [-0.05, 0) is 0 Å². The molecule has 3 heterocycles. The van der Waals surface area contributed by atoms with Gasteiger partial charge in [0.1, 0.15) is 6.10 Å². The molecule has 21 heavy (non-hydrogen) atoms. The van der Waals surface area contributed by atoms with E-state index in [2.05, 4.69) is 9.97 Å². The van der Waals surface area contributed by atoms with Crippen molar-refractivity contribution in [3.8, 4) is 0 Å². The molecule has 1 atom stereocenters. The number of morpholine rings is 2. The molecule has 3 rings (SSSR count). The molecular formula is C12H18N4O4S. The van der Waals surface area contributed by atoms with Crippen LogP contribution in [0.3, 0.4) is 0 Å². The molecule has 0 bridgehead atoms. The normalized spacial score (nSPS) is 25.8. The predicted octanol–water partition coefficient (Wildman–Crippen LogP) is -0.573. The minimum absolute atomic E-state index is 0.262. The van der Waals surface area contributed by atoms with Crippen molar-refractivity contribution in [1.82, 2.24) is 18.6 Å². The summed E-state index contributed by atoms with van der Waals surface area (Å²) in [5, 5.41) is 0. The van der Waals surface area contributed by atoms with Gasteiger partial charge in [0.05, 0.1) is 31.7 Å². The fraction of sp³-hybridized carbons (Fsp3) is 0.667. The summed E-state index contributed by atoms with van der Waals surface area (Å²) in [6, 6.07) is 0. The highest BCUT2D eigenvalue weighted by molar-refractivity contribution is 7.86. The van der Waals surface area contributed by atoms with Gasteiger partial charge in [-0.2, -0.15) is 17.0 Å². The zero-order valence-corrected chi connectivity index (χ0v) is 12.4. The molecule has 9 heteroatoms. The Morgan fingerprint density at radius 2 is 1.86 bits per heavy atom. The van der Waals surface area contributed by atoms with Gasteiger partial charge < -0.3 is 9.47 Å². The van der Waals surface area contributed by atoms with E-state index >= 15 is 0 Å². The van der Waals surface area contributed by atoms with Gasteiger partial charge >= 0.3 is 0 Å². The summed E-state index contributed by atoms with van der Waals surface area (Å²) in [5.74, 6) is 0. The summed E-state index contributed by atoms with van der Waals surface area (Å²) in [6.07, 6.45) is 4.39. The van der Waals surface area contributed by atoms with Crippen molar-refractivity contribution in [3.63, 3.8) is 0 Å². The van der Waals surface area contributed by atoms with Crippen LogP contribution in [0.5, 0.6) is 0 Å². The second-order valence-corrected chi connectivity index (χ2v) is 6.80. The van der Waals surface area contributed by atoms with Crippen LogP contribution in [-0.4, -0.2) is 73.0 Å². The highest BCUT2D eigenvalue weighted by Gasteiger charge is 2.35.